The van der Waals surface area contributed by atoms with Crippen LogP contribution in [0.25, 0.3) is 0 Å². The normalized spacial score (nSPS) is 33.2. The third-order valence-corrected chi connectivity index (χ3v) is 4.22. The van der Waals surface area contributed by atoms with Crippen LogP contribution in [0.2, 0.25) is 0 Å². The van der Waals surface area contributed by atoms with Gasteiger partial charge in [-0.2, -0.15) is 0 Å². The molecule has 4 atom stereocenters. The molecule has 2 saturated heterocycles. The smallest absolute Gasteiger partial charge is 0.409 e. The minimum absolute atomic E-state index is 0.104. The Morgan fingerprint density at radius 1 is 1.39 bits per heavy atom. The van der Waals surface area contributed by atoms with Gasteiger partial charge in [0.05, 0.1) is 6.61 Å². The molecule has 8 nitrogen and oxygen atoms in total. The van der Waals surface area contributed by atoms with Gasteiger partial charge in [0.15, 0.2) is 12.0 Å². The van der Waals surface area contributed by atoms with Crippen LogP contribution < -0.4 is 5.32 Å². The van der Waals surface area contributed by atoms with Crippen molar-refractivity contribution in [3.05, 3.63) is 0 Å². The second kappa shape index (κ2) is 8.25. The molecule has 134 valence electrons. The lowest BCUT2D eigenvalue weighted by Crippen LogP contribution is -2.64. The fourth-order valence-corrected chi connectivity index (χ4v) is 2.91. The molecule has 0 aromatic heterocycles. The van der Waals surface area contributed by atoms with Crippen molar-refractivity contribution in [1.82, 2.24) is 5.32 Å². The van der Waals surface area contributed by atoms with E-state index in [1.54, 1.807) is 0 Å². The fourth-order valence-electron chi connectivity index (χ4n) is 2.91. The number of carbonyl (C=O) groups excluding carboxylic acids is 1. The van der Waals surface area contributed by atoms with Crippen molar-refractivity contribution in [1.29, 1.82) is 0 Å². The Morgan fingerprint density at radius 2 is 2.13 bits per heavy atom. The Hall–Kier alpha value is -0.930. The fraction of sp³-hybridized carbons (Fsp3) is 0.933. The highest BCUT2D eigenvalue weighted by Crippen LogP contribution is 2.28. The lowest BCUT2D eigenvalue weighted by molar-refractivity contribution is -0.246. The van der Waals surface area contributed by atoms with E-state index in [9.17, 15) is 9.90 Å². The van der Waals surface area contributed by atoms with Crippen molar-refractivity contribution < 1.29 is 33.6 Å². The molecule has 0 aliphatic carbocycles. The average Bonchev–Trinajstić information content (AvgIpc) is 2.53. The molecule has 2 N–H and O–H groups in total. The van der Waals surface area contributed by atoms with Crippen LogP contribution in [0, 0.1) is 5.92 Å². The molecule has 2 fully saturated rings. The summed E-state index contributed by atoms with van der Waals surface area (Å²) in [6.07, 6.45) is 0.766. The van der Waals surface area contributed by atoms with Crippen molar-refractivity contribution >= 4 is 6.09 Å². The largest absolute Gasteiger partial charge is 0.446 e. The lowest BCUT2D eigenvalue weighted by Gasteiger charge is -2.42. The van der Waals surface area contributed by atoms with E-state index in [4.69, 9.17) is 23.7 Å². The van der Waals surface area contributed by atoms with Gasteiger partial charge < -0.3 is 28.8 Å². The molecule has 0 aromatic carbocycles. The molecule has 0 spiro atoms. The van der Waals surface area contributed by atoms with Gasteiger partial charge in [-0.1, -0.05) is 6.92 Å². The quantitative estimate of drug-likeness (QED) is 0.670. The number of cyclic esters (lactones) is 1. The van der Waals surface area contributed by atoms with Crippen molar-refractivity contribution in [2.45, 2.75) is 57.0 Å². The van der Waals surface area contributed by atoms with Gasteiger partial charge in [-0.3, -0.25) is 5.32 Å². The number of methoxy groups -OCH3 is 2. The molecular weight excluding hydrogens is 306 g/mol. The molecule has 23 heavy (non-hydrogen) atoms. The first-order valence-electron chi connectivity index (χ1n) is 7.98. The summed E-state index contributed by atoms with van der Waals surface area (Å²) in [6.45, 7) is 2.99. The molecule has 0 bridgehead atoms. The monoisotopic (exact) mass is 333 g/mol. The van der Waals surface area contributed by atoms with Gasteiger partial charge in [-0.15, -0.1) is 0 Å². The zero-order valence-corrected chi connectivity index (χ0v) is 13.9. The lowest BCUT2D eigenvalue weighted by atomic mass is 9.94. The van der Waals surface area contributed by atoms with Gasteiger partial charge in [-0.25, -0.2) is 4.79 Å². The molecule has 2 aliphatic rings. The van der Waals surface area contributed by atoms with Crippen molar-refractivity contribution in [3.8, 4) is 0 Å². The third-order valence-electron chi connectivity index (χ3n) is 4.22. The van der Waals surface area contributed by atoms with Gasteiger partial charge in [0.1, 0.15) is 6.10 Å². The summed E-state index contributed by atoms with van der Waals surface area (Å²) in [6, 6.07) is 0. The second-order valence-electron chi connectivity index (χ2n) is 6.11. The van der Waals surface area contributed by atoms with E-state index in [0.717, 1.165) is 19.3 Å². The van der Waals surface area contributed by atoms with Crippen molar-refractivity contribution in [2.75, 3.05) is 27.4 Å². The molecule has 2 aliphatic heterocycles. The van der Waals surface area contributed by atoms with Crippen LogP contribution in [-0.4, -0.2) is 63.0 Å². The number of nitrogens with one attached hydrogen (secondary N) is 1. The standard InChI is InChI=1S/C15H27NO7/c1-10(9-22-12-6-4-5-7-21-12)11-8-15(18,13(19-2)20-3)16-14(17)23-11/h10-13,18H,4-9H2,1-3H3,(H,16,17). The predicted octanol–water partition coefficient (Wildman–Crippen LogP) is 0.972. The second-order valence-corrected chi connectivity index (χ2v) is 6.11. The van der Waals surface area contributed by atoms with E-state index >= 15 is 0 Å². The Kier molecular flexibility index (Phi) is 6.60. The third kappa shape index (κ3) is 4.77. The molecule has 2 heterocycles. The van der Waals surface area contributed by atoms with Gasteiger partial charge in [0.2, 0.25) is 6.29 Å². The Bertz CT molecular complexity index is 384. The number of hydrogen-bond acceptors (Lipinski definition) is 7. The van der Waals surface area contributed by atoms with Crippen LogP contribution >= 0.6 is 0 Å². The highest BCUT2D eigenvalue weighted by Gasteiger charge is 2.47. The van der Waals surface area contributed by atoms with Gasteiger partial charge in [-0.05, 0) is 19.3 Å². The van der Waals surface area contributed by atoms with Gasteiger partial charge >= 0.3 is 6.09 Å². The topological polar surface area (TPSA) is 95.5 Å². The molecule has 0 saturated carbocycles. The van der Waals surface area contributed by atoms with E-state index in [2.05, 4.69) is 5.32 Å². The van der Waals surface area contributed by atoms with Crippen LogP contribution in [-0.2, 0) is 23.7 Å². The summed E-state index contributed by atoms with van der Waals surface area (Å²) in [7, 11) is 2.80. The maximum Gasteiger partial charge on any atom is 0.409 e. The van der Waals surface area contributed by atoms with Crippen molar-refractivity contribution in [2.24, 2.45) is 5.92 Å². The predicted molar refractivity (Wildman–Crippen MR) is 79.5 cm³/mol. The number of carbonyl (C=O) groups is 1. The number of aliphatic hydroxyl groups is 1. The number of ether oxygens (including phenoxy) is 5. The summed E-state index contributed by atoms with van der Waals surface area (Å²) in [5.74, 6) is -0.104. The zero-order chi connectivity index (χ0) is 16.9. The zero-order valence-electron chi connectivity index (χ0n) is 13.9. The number of alkyl carbamates (subject to hydrolysis) is 1. The van der Waals surface area contributed by atoms with Crippen LogP contribution in [0.1, 0.15) is 32.6 Å². The first kappa shape index (κ1) is 18.4. The summed E-state index contributed by atoms with van der Waals surface area (Å²) >= 11 is 0. The van der Waals surface area contributed by atoms with Crippen LogP contribution in [0.5, 0.6) is 0 Å². The SMILES string of the molecule is COC(OC)C1(O)CC(C(C)COC2CCCCO2)OC(=O)N1. The van der Waals surface area contributed by atoms with Crippen LogP contribution in [0.3, 0.4) is 0 Å². The maximum atomic E-state index is 11.8. The number of hydrogen-bond donors (Lipinski definition) is 2. The first-order chi connectivity index (χ1) is 11.0. The highest BCUT2D eigenvalue weighted by molar-refractivity contribution is 5.69. The molecule has 8 heteroatoms. The first-order valence-corrected chi connectivity index (χ1v) is 7.98. The Balaban J connectivity index is 1.90. The van der Waals surface area contributed by atoms with Crippen molar-refractivity contribution in [3.63, 3.8) is 0 Å². The Labute approximate surface area is 136 Å². The number of amides is 1. The summed E-state index contributed by atoms with van der Waals surface area (Å²) in [5, 5.41) is 13.0. The van der Waals surface area contributed by atoms with Crippen LogP contribution in [0.4, 0.5) is 4.79 Å². The minimum atomic E-state index is -1.64. The minimum Gasteiger partial charge on any atom is -0.446 e. The van der Waals surface area contributed by atoms with E-state index in [-0.39, 0.29) is 18.6 Å². The highest BCUT2D eigenvalue weighted by atomic mass is 16.7. The summed E-state index contributed by atoms with van der Waals surface area (Å²) in [5.41, 5.74) is -1.64. The average molecular weight is 333 g/mol. The molecular formula is C15H27NO7. The van der Waals surface area contributed by atoms with E-state index in [1.165, 1.54) is 14.2 Å². The van der Waals surface area contributed by atoms with Crippen LogP contribution in [0.15, 0.2) is 0 Å². The summed E-state index contributed by atoms with van der Waals surface area (Å²) < 4.78 is 26.7. The van der Waals surface area contributed by atoms with Gasteiger partial charge in [0, 0.05) is 33.2 Å². The maximum absolute atomic E-state index is 11.8. The summed E-state index contributed by atoms with van der Waals surface area (Å²) in [4.78, 5) is 11.8. The molecule has 2 rings (SSSR count). The van der Waals surface area contributed by atoms with E-state index in [0.29, 0.717) is 13.2 Å². The molecule has 1 amide bonds. The number of rotatable bonds is 7. The van der Waals surface area contributed by atoms with E-state index in [1.807, 2.05) is 6.92 Å². The molecule has 0 radical (unpaired) electrons. The molecule has 0 aromatic rings. The Morgan fingerprint density at radius 3 is 2.74 bits per heavy atom. The van der Waals surface area contributed by atoms with E-state index < -0.39 is 24.2 Å². The van der Waals surface area contributed by atoms with Gasteiger partial charge in [0.25, 0.3) is 0 Å². The molecule has 4 unspecified atom stereocenters.